The molecule has 19 heavy (non-hydrogen) atoms. The topological polar surface area (TPSA) is 105 Å². The Kier molecular flexibility index (Phi) is 3.40. The number of nitrogens with one attached hydrogen (secondary N) is 1. The SMILES string of the molecule is CC(CN)(Nc1ccc(C#N)cc1[N+](=O)[O-])C1CC1. The van der Waals surface area contributed by atoms with Crippen molar-refractivity contribution in [1.82, 2.24) is 0 Å². The zero-order valence-corrected chi connectivity index (χ0v) is 10.7. The average Bonchev–Trinajstić information content (AvgIpc) is 3.23. The summed E-state index contributed by atoms with van der Waals surface area (Å²) in [7, 11) is 0. The molecule has 0 amide bonds. The first-order valence-electron chi connectivity index (χ1n) is 6.17. The molecule has 1 aliphatic rings. The maximum absolute atomic E-state index is 11.1. The number of anilines is 1. The molecule has 6 heteroatoms. The van der Waals surface area contributed by atoms with E-state index in [9.17, 15) is 10.1 Å². The van der Waals surface area contributed by atoms with Crippen molar-refractivity contribution in [3.8, 4) is 6.07 Å². The summed E-state index contributed by atoms with van der Waals surface area (Å²) in [6.07, 6.45) is 2.18. The van der Waals surface area contributed by atoms with Crippen LogP contribution < -0.4 is 11.1 Å². The summed E-state index contributed by atoms with van der Waals surface area (Å²) in [5, 5.41) is 23.1. The molecule has 3 N–H and O–H groups in total. The molecule has 0 radical (unpaired) electrons. The van der Waals surface area contributed by atoms with Crippen molar-refractivity contribution in [2.75, 3.05) is 11.9 Å². The van der Waals surface area contributed by atoms with E-state index in [1.165, 1.54) is 6.07 Å². The monoisotopic (exact) mass is 260 g/mol. The number of nitrogens with two attached hydrogens (primary N) is 1. The van der Waals surface area contributed by atoms with Gasteiger partial charge in [0.05, 0.1) is 16.6 Å². The van der Waals surface area contributed by atoms with Gasteiger partial charge in [0.15, 0.2) is 0 Å². The van der Waals surface area contributed by atoms with Gasteiger partial charge in [-0.2, -0.15) is 5.26 Å². The van der Waals surface area contributed by atoms with Gasteiger partial charge in [-0.25, -0.2) is 0 Å². The quantitative estimate of drug-likeness (QED) is 0.622. The second-order valence-corrected chi connectivity index (χ2v) is 5.12. The standard InChI is InChI=1S/C13H16N4O2/c1-13(8-15,10-3-4-10)16-11-5-2-9(7-14)6-12(11)17(18)19/h2,5-6,10,16H,3-4,8,15H2,1H3. The molecule has 0 saturated heterocycles. The molecule has 1 aliphatic carbocycles. The molecular formula is C13H16N4O2. The highest BCUT2D eigenvalue weighted by molar-refractivity contribution is 5.65. The number of benzene rings is 1. The summed E-state index contributed by atoms with van der Waals surface area (Å²) in [6, 6.07) is 6.33. The van der Waals surface area contributed by atoms with Crippen molar-refractivity contribution in [2.24, 2.45) is 11.7 Å². The first kappa shape index (κ1) is 13.3. The maximum Gasteiger partial charge on any atom is 0.293 e. The highest BCUT2D eigenvalue weighted by atomic mass is 16.6. The summed E-state index contributed by atoms with van der Waals surface area (Å²) in [5.74, 6) is 0.452. The van der Waals surface area contributed by atoms with Crippen LogP contribution in [0.2, 0.25) is 0 Å². The van der Waals surface area contributed by atoms with E-state index in [0.29, 0.717) is 18.2 Å². The molecule has 0 heterocycles. The van der Waals surface area contributed by atoms with E-state index in [0.717, 1.165) is 12.8 Å². The molecule has 6 nitrogen and oxygen atoms in total. The molecule has 1 aromatic carbocycles. The summed E-state index contributed by atoms with van der Waals surface area (Å²) in [4.78, 5) is 10.6. The van der Waals surface area contributed by atoms with Crippen molar-refractivity contribution in [2.45, 2.75) is 25.3 Å². The van der Waals surface area contributed by atoms with Crippen LogP contribution in [0.1, 0.15) is 25.3 Å². The van der Waals surface area contributed by atoms with E-state index in [4.69, 9.17) is 11.0 Å². The number of nitrogens with zero attached hydrogens (tertiary/aromatic N) is 2. The smallest absolute Gasteiger partial charge is 0.293 e. The van der Waals surface area contributed by atoms with Crippen LogP contribution in [0, 0.1) is 27.4 Å². The maximum atomic E-state index is 11.1. The Hall–Kier alpha value is -2.13. The van der Waals surface area contributed by atoms with Gasteiger partial charge >= 0.3 is 0 Å². The van der Waals surface area contributed by atoms with E-state index in [1.807, 2.05) is 13.0 Å². The molecule has 1 fully saturated rings. The Morgan fingerprint density at radius 1 is 1.63 bits per heavy atom. The van der Waals surface area contributed by atoms with Gasteiger partial charge in [-0.3, -0.25) is 10.1 Å². The van der Waals surface area contributed by atoms with Crippen LogP contribution in [0.3, 0.4) is 0 Å². The Balaban J connectivity index is 2.34. The Labute approximate surface area is 111 Å². The number of rotatable bonds is 5. The Bertz CT molecular complexity index is 548. The van der Waals surface area contributed by atoms with Crippen molar-refractivity contribution in [3.05, 3.63) is 33.9 Å². The van der Waals surface area contributed by atoms with Gasteiger partial charge in [0.2, 0.25) is 0 Å². The normalized spacial score (nSPS) is 17.3. The van der Waals surface area contributed by atoms with E-state index < -0.39 is 4.92 Å². The molecule has 0 bridgehead atoms. The average molecular weight is 260 g/mol. The van der Waals surface area contributed by atoms with Gasteiger partial charge in [-0.05, 0) is 37.8 Å². The lowest BCUT2D eigenvalue weighted by Crippen LogP contribution is -2.44. The minimum atomic E-state index is -0.479. The second-order valence-electron chi connectivity index (χ2n) is 5.12. The van der Waals surface area contributed by atoms with Crippen molar-refractivity contribution in [1.29, 1.82) is 5.26 Å². The molecule has 100 valence electrons. The number of hydrogen-bond donors (Lipinski definition) is 2. The van der Waals surface area contributed by atoms with Gasteiger partial charge in [0, 0.05) is 18.2 Å². The van der Waals surface area contributed by atoms with Gasteiger partial charge in [0.25, 0.3) is 5.69 Å². The summed E-state index contributed by atoms with van der Waals surface area (Å²) < 4.78 is 0. The largest absolute Gasteiger partial charge is 0.373 e. The number of nitro benzene ring substituents is 1. The minimum absolute atomic E-state index is 0.0839. The molecule has 1 aromatic rings. The lowest BCUT2D eigenvalue weighted by atomic mass is 9.95. The van der Waals surface area contributed by atoms with E-state index in [2.05, 4.69) is 5.32 Å². The third-order valence-electron chi connectivity index (χ3n) is 3.65. The zero-order valence-electron chi connectivity index (χ0n) is 10.7. The molecular weight excluding hydrogens is 244 g/mol. The lowest BCUT2D eigenvalue weighted by Gasteiger charge is -2.30. The van der Waals surface area contributed by atoms with Gasteiger partial charge in [-0.15, -0.1) is 0 Å². The number of hydrogen-bond acceptors (Lipinski definition) is 5. The van der Waals surface area contributed by atoms with E-state index >= 15 is 0 Å². The summed E-state index contributed by atoms with van der Waals surface area (Å²) in [6.45, 7) is 2.39. The zero-order chi connectivity index (χ0) is 14.0. The first-order chi connectivity index (χ1) is 9.00. The van der Waals surface area contributed by atoms with Crippen molar-refractivity contribution < 1.29 is 4.92 Å². The van der Waals surface area contributed by atoms with Crippen LogP contribution >= 0.6 is 0 Å². The molecule has 1 atom stereocenters. The fraction of sp³-hybridized carbons (Fsp3) is 0.462. The summed E-state index contributed by atoms with van der Waals surface area (Å²) in [5.41, 5.74) is 6.07. The molecule has 2 rings (SSSR count). The fourth-order valence-electron chi connectivity index (χ4n) is 2.21. The van der Waals surface area contributed by atoms with Gasteiger partial charge < -0.3 is 11.1 Å². The molecule has 0 aromatic heterocycles. The van der Waals surface area contributed by atoms with Crippen molar-refractivity contribution >= 4 is 11.4 Å². The molecule has 0 spiro atoms. The predicted octanol–water partition coefficient (Wildman–Crippen LogP) is 2.01. The van der Waals surface area contributed by atoms with E-state index in [1.54, 1.807) is 12.1 Å². The molecule has 1 unspecified atom stereocenters. The third kappa shape index (κ3) is 2.66. The van der Waals surface area contributed by atoms with Gasteiger partial charge in [0.1, 0.15) is 5.69 Å². The van der Waals surface area contributed by atoms with Crippen LogP contribution in [0.5, 0.6) is 0 Å². The van der Waals surface area contributed by atoms with Crippen LogP contribution in [-0.2, 0) is 0 Å². The number of nitriles is 1. The Morgan fingerprint density at radius 2 is 2.32 bits per heavy atom. The van der Waals surface area contributed by atoms with Gasteiger partial charge in [-0.1, -0.05) is 0 Å². The number of nitro groups is 1. The van der Waals surface area contributed by atoms with Crippen LogP contribution in [0.15, 0.2) is 18.2 Å². The van der Waals surface area contributed by atoms with Crippen LogP contribution in [0.25, 0.3) is 0 Å². The molecule has 1 saturated carbocycles. The highest BCUT2D eigenvalue weighted by Crippen LogP contribution is 2.42. The lowest BCUT2D eigenvalue weighted by molar-refractivity contribution is -0.384. The second kappa shape index (κ2) is 4.86. The molecule has 0 aliphatic heterocycles. The summed E-state index contributed by atoms with van der Waals surface area (Å²) >= 11 is 0. The van der Waals surface area contributed by atoms with E-state index in [-0.39, 0.29) is 16.8 Å². The third-order valence-corrected chi connectivity index (χ3v) is 3.65. The highest BCUT2D eigenvalue weighted by Gasteiger charge is 2.41. The first-order valence-corrected chi connectivity index (χ1v) is 6.17. The van der Waals surface area contributed by atoms with Crippen LogP contribution in [-0.4, -0.2) is 17.0 Å². The predicted molar refractivity (Wildman–Crippen MR) is 71.6 cm³/mol. The fourth-order valence-corrected chi connectivity index (χ4v) is 2.21. The van der Waals surface area contributed by atoms with Crippen LogP contribution in [0.4, 0.5) is 11.4 Å². The Morgan fingerprint density at radius 3 is 2.79 bits per heavy atom. The minimum Gasteiger partial charge on any atom is -0.373 e. The van der Waals surface area contributed by atoms with Crippen molar-refractivity contribution in [3.63, 3.8) is 0 Å².